The standard InChI is InChI=1S/C12H12Cl2N2O/c1-2-3-9-7-12(17)16(15-9)11-6-8(13)4-5-10(11)14/h4-6H,2-3,7H2,1H3. The molecule has 0 aromatic heterocycles. The molecule has 1 aliphatic rings. The minimum atomic E-state index is -0.0578. The Morgan fingerprint density at radius 2 is 2.18 bits per heavy atom. The van der Waals surface area contributed by atoms with Crippen LogP contribution in [0.1, 0.15) is 26.2 Å². The fourth-order valence-electron chi connectivity index (χ4n) is 1.75. The van der Waals surface area contributed by atoms with E-state index in [1.54, 1.807) is 18.2 Å². The van der Waals surface area contributed by atoms with Crippen LogP contribution < -0.4 is 5.01 Å². The van der Waals surface area contributed by atoms with Crippen molar-refractivity contribution in [3.8, 4) is 0 Å². The molecule has 17 heavy (non-hydrogen) atoms. The van der Waals surface area contributed by atoms with E-state index in [0.29, 0.717) is 22.2 Å². The molecule has 0 aliphatic carbocycles. The first-order valence-electron chi connectivity index (χ1n) is 5.46. The Labute approximate surface area is 110 Å². The Morgan fingerprint density at radius 1 is 1.41 bits per heavy atom. The molecule has 5 heteroatoms. The Balaban J connectivity index is 2.33. The summed E-state index contributed by atoms with van der Waals surface area (Å²) in [6.45, 7) is 2.06. The second-order valence-electron chi connectivity index (χ2n) is 3.89. The molecule has 0 atom stereocenters. The van der Waals surface area contributed by atoms with E-state index in [-0.39, 0.29) is 5.91 Å². The fraction of sp³-hybridized carbons (Fsp3) is 0.333. The Morgan fingerprint density at radius 3 is 2.88 bits per heavy atom. The first kappa shape index (κ1) is 12.4. The van der Waals surface area contributed by atoms with E-state index < -0.39 is 0 Å². The van der Waals surface area contributed by atoms with Crippen molar-refractivity contribution in [1.29, 1.82) is 0 Å². The van der Waals surface area contributed by atoms with Crippen molar-refractivity contribution in [2.24, 2.45) is 5.10 Å². The quantitative estimate of drug-likeness (QED) is 0.820. The smallest absolute Gasteiger partial charge is 0.253 e. The van der Waals surface area contributed by atoms with E-state index in [1.165, 1.54) is 5.01 Å². The molecular weight excluding hydrogens is 259 g/mol. The lowest BCUT2D eigenvalue weighted by atomic mass is 10.2. The molecule has 1 aromatic carbocycles. The summed E-state index contributed by atoms with van der Waals surface area (Å²) >= 11 is 11.9. The molecular formula is C12H12Cl2N2O. The Bertz CT molecular complexity index is 485. The monoisotopic (exact) mass is 270 g/mol. The van der Waals surface area contributed by atoms with Crippen LogP contribution in [0.3, 0.4) is 0 Å². The highest BCUT2D eigenvalue weighted by Gasteiger charge is 2.26. The van der Waals surface area contributed by atoms with Crippen LogP contribution in [0.5, 0.6) is 0 Å². The summed E-state index contributed by atoms with van der Waals surface area (Å²) in [6, 6.07) is 5.00. The molecule has 0 spiro atoms. The number of amides is 1. The summed E-state index contributed by atoms with van der Waals surface area (Å²) in [6.07, 6.45) is 2.18. The molecule has 1 amide bonds. The van der Waals surface area contributed by atoms with Crippen molar-refractivity contribution in [2.45, 2.75) is 26.2 Å². The third kappa shape index (κ3) is 2.61. The Hall–Kier alpha value is -1.06. The van der Waals surface area contributed by atoms with Crippen LogP contribution in [0.15, 0.2) is 23.3 Å². The van der Waals surface area contributed by atoms with Gasteiger partial charge in [-0.2, -0.15) is 10.1 Å². The molecule has 0 N–H and O–H groups in total. The topological polar surface area (TPSA) is 32.7 Å². The first-order chi connectivity index (χ1) is 8.11. The number of halogens is 2. The summed E-state index contributed by atoms with van der Waals surface area (Å²) in [5.41, 5.74) is 1.45. The van der Waals surface area contributed by atoms with Gasteiger partial charge in [-0.15, -0.1) is 0 Å². The molecule has 0 saturated carbocycles. The van der Waals surface area contributed by atoms with E-state index in [4.69, 9.17) is 23.2 Å². The van der Waals surface area contributed by atoms with Gasteiger partial charge in [0.2, 0.25) is 0 Å². The average Bonchev–Trinajstić information content (AvgIpc) is 2.64. The third-order valence-corrected chi connectivity index (χ3v) is 3.06. The molecule has 2 rings (SSSR count). The highest BCUT2D eigenvalue weighted by Crippen LogP contribution is 2.31. The SMILES string of the molecule is CCCC1=NN(c2cc(Cl)ccc2Cl)C(=O)C1. The van der Waals surface area contributed by atoms with Gasteiger partial charge in [0, 0.05) is 10.7 Å². The lowest BCUT2D eigenvalue weighted by molar-refractivity contribution is -0.116. The summed E-state index contributed by atoms with van der Waals surface area (Å²) < 4.78 is 0. The molecule has 3 nitrogen and oxygen atoms in total. The van der Waals surface area contributed by atoms with Crippen molar-refractivity contribution in [1.82, 2.24) is 0 Å². The lowest BCUT2D eigenvalue weighted by Gasteiger charge is -2.13. The largest absolute Gasteiger partial charge is 0.272 e. The number of hydrogen-bond acceptors (Lipinski definition) is 2. The predicted molar refractivity (Wildman–Crippen MR) is 70.9 cm³/mol. The maximum absolute atomic E-state index is 11.8. The van der Waals surface area contributed by atoms with Gasteiger partial charge in [0.05, 0.1) is 17.1 Å². The summed E-state index contributed by atoms with van der Waals surface area (Å²) in [4.78, 5) is 11.8. The van der Waals surface area contributed by atoms with Crippen LogP contribution in [-0.2, 0) is 4.79 Å². The van der Waals surface area contributed by atoms with E-state index in [0.717, 1.165) is 18.6 Å². The second-order valence-corrected chi connectivity index (χ2v) is 4.74. The van der Waals surface area contributed by atoms with Gasteiger partial charge in [-0.3, -0.25) is 4.79 Å². The fourth-order valence-corrected chi connectivity index (χ4v) is 2.11. The van der Waals surface area contributed by atoms with Gasteiger partial charge >= 0.3 is 0 Å². The van der Waals surface area contributed by atoms with Gasteiger partial charge in [-0.1, -0.05) is 36.5 Å². The maximum Gasteiger partial charge on any atom is 0.253 e. The molecule has 0 saturated heterocycles. The number of rotatable bonds is 3. The zero-order valence-corrected chi connectivity index (χ0v) is 10.9. The summed E-state index contributed by atoms with van der Waals surface area (Å²) in [5, 5.41) is 6.65. The highest BCUT2D eigenvalue weighted by atomic mass is 35.5. The number of benzene rings is 1. The molecule has 0 fully saturated rings. The molecule has 1 aliphatic heterocycles. The molecule has 0 radical (unpaired) electrons. The van der Waals surface area contributed by atoms with Crippen LogP contribution in [-0.4, -0.2) is 11.6 Å². The number of carbonyl (C=O) groups excluding carboxylic acids is 1. The molecule has 0 unspecified atom stereocenters. The van der Waals surface area contributed by atoms with Crippen molar-refractivity contribution in [3.63, 3.8) is 0 Å². The van der Waals surface area contributed by atoms with Gasteiger partial charge in [0.25, 0.3) is 5.91 Å². The number of hydrazone groups is 1. The molecule has 1 heterocycles. The zero-order valence-electron chi connectivity index (χ0n) is 9.41. The molecule has 1 aromatic rings. The third-order valence-electron chi connectivity index (χ3n) is 2.51. The minimum Gasteiger partial charge on any atom is -0.272 e. The van der Waals surface area contributed by atoms with E-state index in [1.807, 2.05) is 0 Å². The zero-order chi connectivity index (χ0) is 12.4. The van der Waals surface area contributed by atoms with Crippen molar-refractivity contribution in [3.05, 3.63) is 28.2 Å². The maximum atomic E-state index is 11.8. The highest BCUT2D eigenvalue weighted by molar-refractivity contribution is 6.36. The van der Waals surface area contributed by atoms with Crippen LogP contribution in [0.2, 0.25) is 10.0 Å². The van der Waals surface area contributed by atoms with Gasteiger partial charge in [0.15, 0.2) is 0 Å². The van der Waals surface area contributed by atoms with Crippen molar-refractivity contribution in [2.75, 3.05) is 5.01 Å². The van der Waals surface area contributed by atoms with Gasteiger partial charge < -0.3 is 0 Å². The second kappa shape index (κ2) is 5.07. The van der Waals surface area contributed by atoms with Crippen LogP contribution >= 0.6 is 23.2 Å². The van der Waals surface area contributed by atoms with Crippen LogP contribution in [0.25, 0.3) is 0 Å². The Kier molecular flexibility index (Phi) is 3.69. The van der Waals surface area contributed by atoms with Crippen molar-refractivity contribution < 1.29 is 4.79 Å². The average molecular weight is 271 g/mol. The van der Waals surface area contributed by atoms with Gasteiger partial charge in [-0.25, -0.2) is 0 Å². The number of hydrogen-bond donors (Lipinski definition) is 0. The van der Waals surface area contributed by atoms with Crippen molar-refractivity contribution >= 4 is 40.5 Å². The lowest BCUT2D eigenvalue weighted by Crippen LogP contribution is -2.19. The summed E-state index contributed by atoms with van der Waals surface area (Å²) in [7, 11) is 0. The van der Waals surface area contributed by atoms with Gasteiger partial charge in [-0.05, 0) is 24.6 Å². The minimum absolute atomic E-state index is 0.0578. The normalized spacial score (nSPS) is 15.4. The van der Waals surface area contributed by atoms with E-state index in [9.17, 15) is 4.79 Å². The van der Waals surface area contributed by atoms with Gasteiger partial charge in [0.1, 0.15) is 0 Å². The predicted octanol–water partition coefficient (Wildman–Crippen LogP) is 3.89. The summed E-state index contributed by atoms with van der Waals surface area (Å²) in [5.74, 6) is -0.0578. The number of carbonyl (C=O) groups is 1. The molecule has 90 valence electrons. The van der Waals surface area contributed by atoms with E-state index in [2.05, 4.69) is 12.0 Å². The molecule has 0 bridgehead atoms. The number of anilines is 1. The van der Waals surface area contributed by atoms with E-state index >= 15 is 0 Å². The van der Waals surface area contributed by atoms with Crippen LogP contribution in [0, 0.1) is 0 Å². The number of nitrogens with zero attached hydrogens (tertiary/aromatic N) is 2. The van der Waals surface area contributed by atoms with Crippen LogP contribution in [0.4, 0.5) is 5.69 Å². The first-order valence-corrected chi connectivity index (χ1v) is 6.21.